The zero-order chi connectivity index (χ0) is 13.2. The van der Waals surface area contributed by atoms with Gasteiger partial charge in [-0.3, -0.25) is 0 Å². The third kappa shape index (κ3) is 2.94. The van der Waals surface area contributed by atoms with Gasteiger partial charge in [-0.1, -0.05) is 43.9 Å². The molecule has 0 radical (unpaired) electrons. The zero-order valence-electron chi connectivity index (χ0n) is 11.2. The lowest BCUT2D eigenvalue weighted by Gasteiger charge is -2.04. The monoisotopic (exact) mass is 266 g/mol. The molecule has 2 rings (SSSR count). The Labute approximate surface area is 110 Å². The average molecular weight is 266 g/mol. The van der Waals surface area contributed by atoms with E-state index in [0.29, 0.717) is 10.8 Å². The molecule has 2 nitrogen and oxygen atoms in total. The topological polar surface area (TPSA) is 34.1 Å². The highest BCUT2D eigenvalue weighted by Gasteiger charge is 2.46. The fourth-order valence-corrected chi connectivity index (χ4v) is 4.47. The van der Waals surface area contributed by atoms with Gasteiger partial charge in [-0.15, -0.1) is 0 Å². The SMILES string of the molecule is CCCCC[C@@H]1C[C@H]1S(=O)(=O)c1ccc(C)cc1. The first-order valence-corrected chi connectivity index (χ1v) is 8.41. The average Bonchev–Trinajstić information content (AvgIpc) is 3.10. The molecule has 0 saturated heterocycles. The summed E-state index contributed by atoms with van der Waals surface area (Å²) in [6.45, 7) is 4.15. The van der Waals surface area contributed by atoms with Crippen LogP contribution in [0.5, 0.6) is 0 Å². The minimum atomic E-state index is -3.07. The molecule has 1 aliphatic carbocycles. The molecule has 1 saturated carbocycles. The molecule has 0 spiro atoms. The van der Waals surface area contributed by atoms with Crippen LogP contribution < -0.4 is 0 Å². The summed E-state index contributed by atoms with van der Waals surface area (Å²) in [4.78, 5) is 0.496. The van der Waals surface area contributed by atoms with Crippen molar-refractivity contribution < 1.29 is 8.42 Å². The highest BCUT2D eigenvalue weighted by Crippen LogP contribution is 2.43. The van der Waals surface area contributed by atoms with Crippen molar-refractivity contribution >= 4 is 9.84 Å². The van der Waals surface area contributed by atoms with Gasteiger partial charge in [-0.25, -0.2) is 8.42 Å². The summed E-state index contributed by atoms with van der Waals surface area (Å²) in [6, 6.07) is 7.24. The Balaban J connectivity index is 1.99. The number of hydrogen-bond acceptors (Lipinski definition) is 2. The molecule has 1 aromatic rings. The second-order valence-corrected chi connectivity index (χ2v) is 7.55. The first-order valence-electron chi connectivity index (χ1n) is 6.86. The van der Waals surface area contributed by atoms with E-state index in [-0.39, 0.29) is 5.25 Å². The lowest BCUT2D eigenvalue weighted by Crippen LogP contribution is -2.09. The van der Waals surface area contributed by atoms with Crippen molar-refractivity contribution in [1.29, 1.82) is 0 Å². The van der Waals surface area contributed by atoms with E-state index in [1.807, 2.05) is 19.1 Å². The number of rotatable bonds is 6. The Morgan fingerprint density at radius 2 is 1.83 bits per heavy atom. The van der Waals surface area contributed by atoms with Crippen LogP contribution in [-0.4, -0.2) is 13.7 Å². The Morgan fingerprint density at radius 3 is 2.44 bits per heavy atom. The van der Waals surface area contributed by atoms with Gasteiger partial charge in [0, 0.05) is 0 Å². The molecule has 2 atom stereocenters. The minimum absolute atomic E-state index is 0.114. The normalized spacial score (nSPS) is 23.0. The number of sulfone groups is 1. The minimum Gasteiger partial charge on any atom is -0.223 e. The maximum Gasteiger partial charge on any atom is 0.181 e. The fourth-order valence-electron chi connectivity index (χ4n) is 2.46. The predicted octanol–water partition coefficient (Wildman–Crippen LogP) is 3.74. The van der Waals surface area contributed by atoms with Crippen LogP contribution in [0, 0.1) is 12.8 Å². The van der Waals surface area contributed by atoms with Crippen LogP contribution in [0.1, 0.15) is 44.6 Å². The highest BCUT2D eigenvalue weighted by molar-refractivity contribution is 7.92. The molecule has 0 unspecified atom stereocenters. The van der Waals surface area contributed by atoms with Gasteiger partial charge in [0.05, 0.1) is 10.1 Å². The molecule has 1 fully saturated rings. The van der Waals surface area contributed by atoms with Crippen LogP contribution in [0.25, 0.3) is 0 Å². The third-order valence-corrected chi connectivity index (χ3v) is 6.09. The number of hydrogen-bond donors (Lipinski definition) is 0. The lowest BCUT2D eigenvalue weighted by molar-refractivity contribution is 0.582. The van der Waals surface area contributed by atoms with Crippen LogP contribution in [0.15, 0.2) is 29.2 Å². The van der Waals surface area contributed by atoms with E-state index in [4.69, 9.17) is 0 Å². The maximum atomic E-state index is 12.3. The summed E-state index contributed by atoms with van der Waals surface area (Å²) >= 11 is 0. The largest absolute Gasteiger partial charge is 0.223 e. The maximum absolute atomic E-state index is 12.3. The van der Waals surface area contributed by atoms with E-state index in [1.54, 1.807) is 12.1 Å². The molecule has 0 amide bonds. The van der Waals surface area contributed by atoms with Gasteiger partial charge >= 0.3 is 0 Å². The molecule has 100 valence electrons. The van der Waals surface area contributed by atoms with E-state index in [1.165, 1.54) is 19.3 Å². The molecule has 1 aromatic carbocycles. The summed E-state index contributed by atoms with van der Waals surface area (Å²) in [5.74, 6) is 0.405. The highest BCUT2D eigenvalue weighted by atomic mass is 32.2. The number of aryl methyl sites for hydroxylation is 1. The molecule has 0 N–H and O–H groups in total. The van der Waals surface area contributed by atoms with E-state index >= 15 is 0 Å². The van der Waals surface area contributed by atoms with E-state index in [2.05, 4.69) is 6.92 Å². The summed E-state index contributed by atoms with van der Waals surface area (Å²) in [6.07, 6.45) is 5.51. The second-order valence-electron chi connectivity index (χ2n) is 5.39. The van der Waals surface area contributed by atoms with Crippen molar-refractivity contribution in [2.45, 2.75) is 56.1 Å². The van der Waals surface area contributed by atoms with Gasteiger partial charge in [-0.05, 0) is 37.8 Å². The van der Waals surface area contributed by atoms with Crippen molar-refractivity contribution in [3.63, 3.8) is 0 Å². The number of benzene rings is 1. The van der Waals surface area contributed by atoms with Gasteiger partial charge in [0.25, 0.3) is 0 Å². The molecule has 0 heterocycles. The lowest BCUT2D eigenvalue weighted by atomic mass is 10.1. The fraction of sp³-hybridized carbons (Fsp3) is 0.600. The van der Waals surface area contributed by atoms with Crippen LogP contribution >= 0.6 is 0 Å². The summed E-state index contributed by atoms with van der Waals surface area (Å²) < 4.78 is 24.7. The molecule has 0 aromatic heterocycles. The van der Waals surface area contributed by atoms with Crippen molar-refractivity contribution in [1.82, 2.24) is 0 Å². The molecular formula is C15H22O2S. The molecular weight excluding hydrogens is 244 g/mol. The van der Waals surface area contributed by atoms with Crippen molar-refractivity contribution in [2.75, 3.05) is 0 Å². The molecule has 0 aliphatic heterocycles. The summed E-state index contributed by atoms with van der Waals surface area (Å²) in [5, 5.41) is -0.114. The molecule has 1 aliphatic rings. The van der Waals surface area contributed by atoms with Gasteiger partial charge in [0.1, 0.15) is 0 Å². The summed E-state index contributed by atoms with van der Waals surface area (Å²) in [5.41, 5.74) is 1.10. The van der Waals surface area contributed by atoms with Crippen molar-refractivity contribution in [2.24, 2.45) is 5.92 Å². The first kappa shape index (κ1) is 13.6. The molecule has 0 bridgehead atoms. The van der Waals surface area contributed by atoms with Crippen molar-refractivity contribution in [3.05, 3.63) is 29.8 Å². The van der Waals surface area contributed by atoms with E-state index < -0.39 is 9.84 Å². The van der Waals surface area contributed by atoms with Crippen LogP contribution in [0.4, 0.5) is 0 Å². The Kier molecular flexibility index (Phi) is 4.10. The van der Waals surface area contributed by atoms with Gasteiger partial charge in [0.15, 0.2) is 9.84 Å². The summed E-state index contributed by atoms with van der Waals surface area (Å²) in [7, 11) is -3.07. The first-order chi connectivity index (χ1) is 8.55. The van der Waals surface area contributed by atoms with Crippen LogP contribution in [-0.2, 0) is 9.84 Å². The standard InChI is InChI=1S/C15H22O2S/c1-3-4-5-6-13-11-15(13)18(16,17)14-9-7-12(2)8-10-14/h7-10,13,15H,3-6,11H2,1-2H3/t13-,15-/m1/s1. The smallest absolute Gasteiger partial charge is 0.181 e. The Hall–Kier alpha value is -0.830. The Morgan fingerprint density at radius 1 is 1.17 bits per heavy atom. The van der Waals surface area contributed by atoms with Crippen molar-refractivity contribution in [3.8, 4) is 0 Å². The quantitative estimate of drug-likeness (QED) is 0.735. The van der Waals surface area contributed by atoms with E-state index in [9.17, 15) is 8.42 Å². The van der Waals surface area contributed by atoms with E-state index in [0.717, 1.165) is 18.4 Å². The predicted molar refractivity (Wildman–Crippen MR) is 74.4 cm³/mol. The Bertz CT molecular complexity index is 488. The zero-order valence-corrected chi connectivity index (χ0v) is 12.0. The molecule has 3 heteroatoms. The second kappa shape index (κ2) is 5.43. The van der Waals surface area contributed by atoms with Gasteiger partial charge < -0.3 is 0 Å². The molecule has 18 heavy (non-hydrogen) atoms. The van der Waals surface area contributed by atoms with Crippen LogP contribution in [0.3, 0.4) is 0 Å². The van der Waals surface area contributed by atoms with Crippen LogP contribution in [0.2, 0.25) is 0 Å². The van der Waals surface area contributed by atoms with Gasteiger partial charge in [-0.2, -0.15) is 0 Å². The number of unbranched alkanes of at least 4 members (excludes halogenated alkanes) is 2. The third-order valence-electron chi connectivity index (χ3n) is 3.78. The van der Waals surface area contributed by atoms with Gasteiger partial charge in [0.2, 0.25) is 0 Å².